The number of carbonyl (C=O) groups excluding carboxylic acids is 1. The minimum atomic E-state index is -0.497. The number of thiocarbonyl (C=S) groups is 1. The number of rotatable bonds is 5. The highest BCUT2D eigenvalue weighted by Gasteiger charge is 2.14. The number of aromatic nitrogens is 1. The van der Waals surface area contributed by atoms with Crippen LogP contribution in [0, 0.1) is 17.0 Å². The lowest BCUT2D eigenvalue weighted by molar-refractivity contribution is -0.384. The van der Waals surface area contributed by atoms with Crippen LogP contribution >= 0.6 is 23.8 Å². The molecule has 8 nitrogen and oxygen atoms in total. The van der Waals surface area contributed by atoms with Crippen molar-refractivity contribution in [2.75, 3.05) is 5.32 Å². The number of fused-ring (bicyclic) bond motifs is 1. The summed E-state index contributed by atoms with van der Waals surface area (Å²) in [6.45, 7) is 1.88. The van der Waals surface area contributed by atoms with E-state index in [4.69, 9.17) is 28.2 Å². The van der Waals surface area contributed by atoms with Crippen LogP contribution in [-0.4, -0.2) is 20.9 Å². The van der Waals surface area contributed by atoms with Crippen LogP contribution in [0.3, 0.4) is 0 Å². The van der Waals surface area contributed by atoms with Crippen LogP contribution in [0.25, 0.3) is 28.6 Å². The highest BCUT2D eigenvalue weighted by Crippen LogP contribution is 2.31. The number of nitro groups is 1. The highest BCUT2D eigenvalue weighted by molar-refractivity contribution is 7.80. The van der Waals surface area contributed by atoms with E-state index < -0.39 is 10.8 Å². The van der Waals surface area contributed by atoms with Crippen molar-refractivity contribution in [3.63, 3.8) is 0 Å². The van der Waals surface area contributed by atoms with E-state index in [-0.39, 0.29) is 10.8 Å². The standard InChI is InChI=1S/C24H17ClN4O4S/c1-14-18(23-26-20-13-16(25)9-10-21(20)33-23)6-3-7-19(14)27-24(34)28-22(30)11-8-15-4-2-5-17(12-15)29(31)32/h2-13H,1H3,(H2,27,28,30,34)/b11-8+. The van der Waals surface area contributed by atoms with E-state index in [0.29, 0.717) is 33.3 Å². The molecule has 34 heavy (non-hydrogen) atoms. The number of anilines is 1. The number of oxazole rings is 1. The van der Waals surface area contributed by atoms with Crippen LogP contribution in [0.1, 0.15) is 11.1 Å². The number of halogens is 1. The van der Waals surface area contributed by atoms with Crippen molar-refractivity contribution in [3.05, 3.63) is 93.0 Å². The van der Waals surface area contributed by atoms with Gasteiger partial charge in [0.1, 0.15) is 5.52 Å². The molecule has 4 rings (SSSR count). The molecule has 0 saturated carbocycles. The fourth-order valence-corrected chi connectivity index (χ4v) is 3.62. The first-order valence-corrected chi connectivity index (χ1v) is 10.8. The summed E-state index contributed by atoms with van der Waals surface area (Å²) in [5, 5.41) is 17.1. The van der Waals surface area contributed by atoms with E-state index in [9.17, 15) is 14.9 Å². The molecule has 2 N–H and O–H groups in total. The molecule has 0 atom stereocenters. The molecule has 0 aliphatic heterocycles. The van der Waals surface area contributed by atoms with Gasteiger partial charge in [-0.05, 0) is 66.7 Å². The average molecular weight is 493 g/mol. The summed E-state index contributed by atoms with van der Waals surface area (Å²) in [5.74, 6) is -0.0399. The monoisotopic (exact) mass is 492 g/mol. The van der Waals surface area contributed by atoms with Gasteiger partial charge in [0.05, 0.1) is 4.92 Å². The van der Waals surface area contributed by atoms with Gasteiger partial charge in [0, 0.05) is 34.5 Å². The van der Waals surface area contributed by atoms with Gasteiger partial charge in [-0.1, -0.05) is 29.8 Å². The number of amides is 1. The second kappa shape index (κ2) is 9.82. The smallest absolute Gasteiger partial charge is 0.270 e. The number of non-ortho nitro benzene ring substituents is 1. The van der Waals surface area contributed by atoms with E-state index in [1.807, 2.05) is 25.1 Å². The zero-order valence-electron chi connectivity index (χ0n) is 17.7. The van der Waals surface area contributed by atoms with Gasteiger partial charge in [-0.15, -0.1) is 0 Å². The summed E-state index contributed by atoms with van der Waals surface area (Å²) in [6.07, 6.45) is 2.72. The largest absolute Gasteiger partial charge is 0.436 e. The summed E-state index contributed by atoms with van der Waals surface area (Å²) in [4.78, 5) is 27.1. The SMILES string of the molecule is Cc1c(NC(=S)NC(=O)/C=C/c2cccc([N+](=O)[O-])c2)cccc1-c1nc2cc(Cl)ccc2o1. The molecule has 0 unspecified atom stereocenters. The maximum absolute atomic E-state index is 12.2. The molecule has 170 valence electrons. The van der Waals surface area contributed by atoms with E-state index in [2.05, 4.69) is 15.6 Å². The van der Waals surface area contributed by atoms with Crippen molar-refractivity contribution in [1.29, 1.82) is 0 Å². The number of nitrogens with one attached hydrogen (secondary N) is 2. The predicted octanol–water partition coefficient (Wildman–Crippen LogP) is 5.89. The van der Waals surface area contributed by atoms with Gasteiger partial charge in [0.2, 0.25) is 11.8 Å². The van der Waals surface area contributed by atoms with E-state index in [0.717, 1.165) is 11.1 Å². The van der Waals surface area contributed by atoms with Crippen LogP contribution in [0.5, 0.6) is 0 Å². The second-order valence-electron chi connectivity index (χ2n) is 7.24. The Labute approximate surface area is 204 Å². The van der Waals surface area contributed by atoms with Crippen LogP contribution in [0.4, 0.5) is 11.4 Å². The number of nitrogens with zero attached hydrogens (tertiary/aromatic N) is 2. The minimum Gasteiger partial charge on any atom is -0.436 e. The third-order valence-electron chi connectivity index (χ3n) is 4.91. The Morgan fingerprint density at radius 1 is 1.18 bits per heavy atom. The minimum absolute atomic E-state index is 0.0582. The number of benzene rings is 3. The summed E-state index contributed by atoms with van der Waals surface area (Å²) in [6, 6.07) is 16.7. The van der Waals surface area contributed by atoms with Gasteiger partial charge in [-0.2, -0.15) is 0 Å². The molecule has 0 fully saturated rings. The number of carbonyl (C=O) groups is 1. The van der Waals surface area contributed by atoms with Crippen molar-refractivity contribution in [3.8, 4) is 11.5 Å². The third-order valence-corrected chi connectivity index (χ3v) is 5.35. The van der Waals surface area contributed by atoms with Gasteiger partial charge >= 0.3 is 0 Å². The zero-order valence-corrected chi connectivity index (χ0v) is 19.3. The molecule has 1 amide bonds. The van der Waals surface area contributed by atoms with E-state index >= 15 is 0 Å². The quantitative estimate of drug-likeness (QED) is 0.154. The molecule has 0 aliphatic carbocycles. The van der Waals surface area contributed by atoms with Gasteiger partial charge in [0.25, 0.3) is 5.69 Å². The molecule has 0 bridgehead atoms. The Kier molecular flexibility index (Phi) is 6.67. The maximum Gasteiger partial charge on any atom is 0.270 e. The van der Waals surface area contributed by atoms with Gasteiger partial charge < -0.3 is 9.73 Å². The Hall–Kier alpha value is -4.08. The van der Waals surface area contributed by atoms with Crippen LogP contribution < -0.4 is 10.6 Å². The van der Waals surface area contributed by atoms with Gasteiger partial charge in [-0.25, -0.2) is 4.98 Å². The predicted molar refractivity (Wildman–Crippen MR) is 136 cm³/mol. The number of nitro benzene ring substituents is 1. The lowest BCUT2D eigenvalue weighted by Crippen LogP contribution is -2.33. The molecule has 1 aromatic heterocycles. The van der Waals surface area contributed by atoms with Crippen molar-refractivity contribution in [1.82, 2.24) is 10.3 Å². The lowest BCUT2D eigenvalue weighted by Gasteiger charge is -2.12. The van der Waals surface area contributed by atoms with Crippen molar-refractivity contribution in [2.45, 2.75) is 6.92 Å². The Morgan fingerprint density at radius 3 is 2.76 bits per heavy atom. The first kappa shape index (κ1) is 23.1. The molecule has 0 radical (unpaired) electrons. The zero-order chi connectivity index (χ0) is 24.2. The lowest BCUT2D eigenvalue weighted by atomic mass is 10.1. The van der Waals surface area contributed by atoms with Crippen molar-refractivity contribution in [2.24, 2.45) is 0 Å². The maximum atomic E-state index is 12.2. The Balaban J connectivity index is 1.45. The van der Waals surface area contributed by atoms with Crippen molar-refractivity contribution >= 4 is 63.4 Å². The summed E-state index contributed by atoms with van der Waals surface area (Å²) >= 11 is 11.3. The van der Waals surface area contributed by atoms with Crippen LogP contribution in [-0.2, 0) is 4.79 Å². The molecular formula is C24H17ClN4O4S. The van der Waals surface area contributed by atoms with E-state index in [1.165, 1.54) is 24.3 Å². The first-order valence-electron chi connectivity index (χ1n) is 10.0. The summed E-state index contributed by atoms with van der Waals surface area (Å²) in [5.41, 5.74) is 3.99. The average Bonchev–Trinajstić information content (AvgIpc) is 3.22. The topological polar surface area (TPSA) is 110 Å². The van der Waals surface area contributed by atoms with Crippen LogP contribution in [0.2, 0.25) is 5.02 Å². The second-order valence-corrected chi connectivity index (χ2v) is 8.08. The molecule has 1 heterocycles. The molecular weight excluding hydrogens is 476 g/mol. The third kappa shape index (κ3) is 5.28. The Morgan fingerprint density at radius 2 is 1.97 bits per heavy atom. The fraction of sp³-hybridized carbons (Fsp3) is 0.0417. The molecule has 10 heteroatoms. The Bertz CT molecular complexity index is 1460. The molecule has 4 aromatic rings. The molecule has 3 aromatic carbocycles. The van der Waals surface area contributed by atoms with Gasteiger partial charge in [0.15, 0.2) is 10.7 Å². The van der Waals surface area contributed by atoms with Crippen LogP contribution in [0.15, 0.2) is 71.2 Å². The number of hydrogen-bond donors (Lipinski definition) is 2. The normalized spacial score (nSPS) is 11.0. The molecule has 0 aliphatic rings. The molecule has 0 spiro atoms. The number of hydrogen-bond acceptors (Lipinski definition) is 6. The first-order chi connectivity index (χ1) is 16.3. The van der Waals surface area contributed by atoms with Crippen molar-refractivity contribution < 1.29 is 14.1 Å². The summed E-state index contributed by atoms with van der Waals surface area (Å²) < 4.78 is 5.86. The summed E-state index contributed by atoms with van der Waals surface area (Å²) in [7, 11) is 0. The molecule has 0 saturated heterocycles. The van der Waals surface area contributed by atoms with E-state index in [1.54, 1.807) is 30.3 Å². The fourth-order valence-electron chi connectivity index (χ4n) is 3.24. The van der Waals surface area contributed by atoms with Gasteiger partial charge in [-0.3, -0.25) is 20.2 Å². The highest BCUT2D eigenvalue weighted by atomic mass is 35.5.